The van der Waals surface area contributed by atoms with Crippen LogP contribution < -0.4 is 5.48 Å². The second-order valence-electron chi connectivity index (χ2n) is 2.36. The largest absolute Gasteiger partial charge is 0.305 e. The first-order chi connectivity index (χ1) is 3.77. The zero-order valence-electron chi connectivity index (χ0n) is 5.23. The number of hydrogen-bond acceptors (Lipinski definition) is 3. The Bertz CT molecular complexity index is 82.5. The molecule has 0 atom stereocenters. The van der Waals surface area contributed by atoms with Crippen molar-refractivity contribution in [3.8, 4) is 0 Å². The first-order valence-corrected chi connectivity index (χ1v) is 3.80. The molecule has 1 fully saturated rings. The molecule has 1 aliphatic heterocycles. The molecule has 0 aromatic carbocycles. The van der Waals surface area contributed by atoms with Gasteiger partial charge in [0.05, 0.1) is 12.6 Å². The number of thioether (sulfide) groups is 1. The molecule has 1 rings (SSSR count). The number of nitrogens with one attached hydrogen (secondary N) is 1. The minimum Gasteiger partial charge on any atom is -0.305 e. The molecular formula is C5H11NOS. The van der Waals surface area contributed by atoms with E-state index in [4.69, 9.17) is 4.84 Å². The van der Waals surface area contributed by atoms with Crippen molar-refractivity contribution in [3.05, 3.63) is 0 Å². The van der Waals surface area contributed by atoms with Crippen LogP contribution >= 0.6 is 11.8 Å². The monoisotopic (exact) mass is 133 g/mol. The third-order valence-electron chi connectivity index (χ3n) is 1.19. The highest BCUT2D eigenvalue weighted by Gasteiger charge is 2.32. The Kier molecular flexibility index (Phi) is 1.80. The topological polar surface area (TPSA) is 21.3 Å². The minimum absolute atomic E-state index is 0.263. The summed E-state index contributed by atoms with van der Waals surface area (Å²) in [5.74, 6) is 2.34. The van der Waals surface area contributed by atoms with Gasteiger partial charge in [-0.05, 0) is 6.92 Å². The van der Waals surface area contributed by atoms with E-state index in [2.05, 4.69) is 12.4 Å². The molecule has 0 amide bonds. The fourth-order valence-electron chi connectivity index (χ4n) is 0.714. The molecule has 1 aliphatic rings. The molecule has 0 saturated carbocycles. The van der Waals surface area contributed by atoms with E-state index in [0.717, 1.165) is 0 Å². The summed E-state index contributed by atoms with van der Waals surface area (Å²) in [6, 6.07) is 0. The van der Waals surface area contributed by atoms with Crippen molar-refractivity contribution in [2.24, 2.45) is 0 Å². The second kappa shape index (κ2) is 2.25. The first kappa shape index (κ1) is 6.39. The van der Waals surface area contributed by atoms with Crippen LogP contribution in [0, 0.1) is 0 Å². The van der Waals surface area contributed by atoms with Gasteiger partial charge < -0.3 is 4.84 Å². The lowest BCUT2D eigenvalue weighted by Crippen LogP contribution is -2.52. The molecule has 0 aromatic rings. The quantitative estimate of drug-likeness (QED) is 0.559. The molecule has 0 bridgehead atoms. The molecule has 0 aliphatic carbocycles. The molecule has 1 saturated heterocycles. The molecule has 0 radical (unpaired) electrons. The van der Waals surface area contributed by atoms with E-state index in [0.29, 0.717) is 0 Å². The van der Waals surface area contributed by atoms with Gasteiger partial charge in [-0.2, -0.15) is 17.2 Å². The van der Waals surface area contributed by atoms with Crippen molar-refractivity contribution in [2.75, 3.05) is 18.6 Å². The van der Waals surface area contributed by atoms with E-state index in [1.807, 2.05) is 11.8 Å². The highest BCUT2D eigenvalue weighted by molar-refractivity contribution is 8.00. The fourth-order valence-corrected chi connectivity index (χ4v) is 1.65. The minimum atomic E-state index is 0.263. The molecule has 0 unspecified atom stereocenters. The first-order valence-electron chi connectivity index (χ1n) is 2.65. The van der Waals surface area contributed by atoms with Crippen molar-refractivity contribution in [2.45, 2.75) is 12.5 Å². The normalized spacial score (nSPS) is 24.8. The van der Waals surface area contributed by atoms with Gasteiger partial charge in [0.2, 0.25) is 0 Å². The van der Waals surface area contributed by atoms with Gasteiger partial charge in [0.15, 0.2) is 0 Å². The lowest BCUT2D eigenvalue weighted by atomic mass is 10.1. The third kappa shape index (κ3) is 1.16. The number of hydroxylamine groups is 1. The van der Waals surface area contributed by atoms with E-state index in [9.17, 15) is 0 Å². The standard InChI is InChI=1S/C5H11NOS/c1-5(6-7-2)3-8-4-5/h6H,3-4H2,1-2H3. The van der Waals surface area contributed by atoms with Crippen LogP contribution in [0.2, 0.25) is 0 Å². The van der Waals surface area contributed by atoms with Gasteiger partial charge in [-0.25, -0.2) is 0 Å². The SMILES string of the molecule is CONC1(C)CSC1. The molecular weight excluding hydrogens is 122 g/mol. The van der Waals surface area contributed by atoms with Gasteiger partial charge in [0, 0.05) is 11.5 Å². The van der Waals surface area contributed by atoms with Gasteiger partial charge in [-0.15, -0.1) is 0 Å². The van der Waals surface area contributed by atoms with Crippen LogP contribution in [-0.2, 0) is 4.84 Å². The highest BCUT2D eigenvalue weighted by atomic mass is 32.2. The summed E-state index contributed by atoms with van der Waals surface area (Å²) in [7, 11) is 1.66. The summed E-state index contributed by atoms with van der Waals surface area (Å²) in [6.45, 7) is 2.16. The average molecular weight is 133 g/mol. The summed E-state index contributed by atoms with van der Waals surface area (Å²) in [4.78, 5) is 4.79. The fraction of sp³-hybridized carbons (Fsp3) is 1.00. The van der Waals surface area contributed by atoms with Gasteiger partial charge in [0.1, 0.15) is 0 Å². The second-order valence-corrected chi connectivity index (χ2v) is 3.35. The van der Waals surface area contributed by atoms with Crippen LogP contribution in [0.25, 0.3) is 0 Å². The summed E-state index contributed by atoms with van der Waals surface area (Å²) in [6.07, 6.45) is 0. The maximum Gasteiger partial charge on any atom is 0.0584 e. The molecule has 1 N–H and O–H groups in total. The van der Waals surface area contributed by atoms with Crippen molar-refractivity contribution >= 4 is 11.8 Å². The summed E-state index contributed by atoms with van der Waals surface area (Å²) >= 11 is 1.94. The summed E-state index contributed by atoms with van der Waals surface area (Å²) < 4.78 is 0. The molecule has 1 heterocycles. The lowest BCUT2D eigenvalue weighted by Gasteiger charge is -2.37. The Labute approximate surface area is 53.9 Å². The van der Waals surface area contributed by atoms with Gasteiger partial charge in [-0.1, -0.05) is 0 Å². The molecule has 2 nitrogen and oxygen atoms in total. The molecule has 3 heteroatoms. The Balaban J connectivity index is 2.20. The van der Waals surface area contributed by atoms with Crippen LogP contribution in [0.4, 0.5) is 0 Å². The molecule has 0 spiro atoms. The Morgan fingerprint density at radius 1 is 1.62 bits per heavy atom. The van der Waals surface area contributed by atoms with E-state index in [1.54, 1.807) is 7.11 Å². The molecule has 8 heavy (non-hydrogen) atoms. The van der Waals surface area contributed by atoms with Crippen molar-refractivity contribution in [3.63, 3.8) is 0 Å². The van der Waals surface area contributed by atoms with E-state index >= 15 is 0 Å². The predicted octanol–water partition coefficient (Wildman–Crippen LogP) is 0.643. The van der Waals surface area contributed by atoms with Crippen molar-refractivity contribution in [1.29, 1.82) is 0 Å². The molecule has 48 valence electrons. The maximum absolute atomic E-state index is 4.79. The summed E-state index contributed by atoms with van der Waals surface area (Å²) in [5, 5.41) is 0. The van der Waals surface area contributed by atoms with Crippen molar-refractivity contribution < 1.29 is 4.84 Å². The average Bonchev–Trinajstić information content (AvgIpc) is 1.64. The van der Waals surface area contributed by atoms with Crippen LogP contribution in [0.5, 0.6) is 0 Å². The third-order valence-corrected chi connectivity index (χ3v) is 2.87. The van der Waals surface area contributed by atoms with Gasteiger partial charge in [0.25, 0.3) is 0 Å². The maximum atomic E-state index is 4.79. The number of rotatable bonds is 2. The Hall–Kier alpha value is 0.270. The van der Waals surface area contributed by atoms with E-state index in [1.165, 1.54) is 11.5 Å². The molecule has 0 aromatic heterocycles. The zero-order chi connectivity index (χ0) is 6.04. The predicted molar refractivity (Wildman–Crippen MR) is 35.9 cm³/mol. The smallest absolute Gasteiger partial charge is 0.0584 e. The van der Waals surface area contributed by atoms with Crippen LogP contribution in [0.1, 0.15) is 6.92 Å². The zero-order valence-corrected chi connectivity index (χ0v) is 6.05. The van der Waals surface area contributed by atoms with Crippen molar-refractivity contribution in [1.82, 2.24) is 5.48 Å². The highest BCUT2D eigenvalue weighted by Crippen LogP contribution is 2.28. The lowest BCUT2D eigenvalue weighted by molar-refractivity contribution is 0.0343. The van der Waals surface area contributed by atoms with Gasteiger partial charge in [-0.3, -0.25) is 0 Å². The van der Waals surface area contributed by atoms with Crippen LogP contribution in [0.3, 0.4) is 0 Å². The number of hydrogen-bond donors (Lipinski definition) is 1. The van der Waals surface area contributed by atoms with E-state index < -0.39 is 0 Å². The summed E-state index contributed by atoms with van der Waals surface area (Å²) in [5.41, 5.74) is 3.20. The van der Waals surface area contributed by atoms with Gasteiger partial charge >= 0.3 is 0 Å². The Morgan fingerprint density at radius 2 is 2.25 bits per heavy atom. The van der Waals surface area contributed by atoms with E-state index in [-0.39, 0.29) is 5.54 Å². The Morgan fingerprint density at radius 3 is 2.38 bits per heavy atom. The van der Waals surface area contributed by atoms with Crippen LogP contribution in [0.15, 0.2) is 0 Å². The van der Waals surface area contributed by atoms with Crippen LogP contribution in [-0.4, -0.2) is 24.2 Å².